The van der Waals surface area contributed by atoms with Crippen molar-refractivity contribution in [3.63, 3.8) is 0 Å². The zero-order valence-electron chi connectivity index (χ0n) is 13.5. The Hall–Kier alpha value is -3.18. The lowest BCUT2D eigenvalue weighted by molar-refractivity contribution is -0.133. The minimum atomic E-state index is -0.834. The Balaban J connectivity index is 2.03. The Kier molecular flexibility index (Phi) is 6.26. The number of carbonyl (C=O) groups excluding carboxylic acids is 2. The fraction of sp³-hybridized carbons (Fsp3) is 0.118. The van der Waals surface area contributed by atoms with Crippen molar-refractivity contribution in [1.29, 1.82) is 5.26 Å². The van der Waals surface area contributed by atoms with Gasteiger partial charge in [0, 0.05) is 16.6 Å². The summed E-state index contributed by atoms with van der Waals surface area (Å²) in [5, 5.41) is 15.5. The SMILES string of the molecule is COc1ccc(NC(=O)C(=O)Nc2ccc(SC#N)cc2)c(OC)c1. The second-order valence-corrected chi connectivity index (χ2v) is 5.55. The van der Waals surface area contributed by atoms with Crippen LogP contribution in [-0.4, -0.2) is 26.0 Å². The molecule has 0 aliphatic heterocycles. The van der Waals surface area contributed by atoms with E-state index < -0.39 is 11.8 Å². The Morgan fingerprint density at radius 2 is 1.68 bits per heavy atom. The summed E-state index contributed by atoms with van der Waals surface area (Å²) >= 11 is 1.01. The predicted molar refractivity (Wildman–Crippen MR) is 94.7 cm³/mol. The topological polar surface area (TPSA) is 100 Å². The highest BCUT2D eigenvalue weighted by Crippen LogP contribution is 2.29. The number of ether oxygens (including phenoxy) is 2. The first kappa shape index (κ1) is 18.2. The largest absolute Gasteiger partial charge is 0.497 e. The van der Waals surface area contributed by atoms with Crippen molar-refractivity contribution >= 4 is 35.0 Å². The Bertz CT molecular complexity index is 816. The molecule has 2 aromatic rings. The van der Waals surface area contributed by atoms with Gasteiger partial charge >= 0.3 is 11.8 Å². The number of nitrogens with zero attached hydrogens (tertiary/aromatic N) is 1. The maximum absolute atomic E-state index is 12.1. The molecule has 0 heterocycles. The van der Waals surface area contributed by atoms with Crippen LogP contribution in [0.5, 0.6) is 11.5 Å². The van der Waals surface area contributed by atoms with Crippen molar-refractivity contribution in [3.05, 3.63) is 42.5 Å². The molecule has 0 bridgehead atoms. The summed E-state index contributed by atoms with van der Waals surface area (Å²) in [4.78, 5) is 24.8. The molecule has 0 saturated carbocycles. The molecule has 0 fully saturated rings. The summed E-state index contributed by atoms with van der Waals surface area (Å²) in [7, 11) is 2.96. The number of hydrogen-bond acceptors (Lipinski definition) is 6. The van der Waals surface area contributed by atoms with Gasteiger partial charge in [-0.2, -0.15) is 5.26 Å². The van der Waals surface area contributed by atoms with Crippen molar-refractivity contribution < 1.29 is 19.1 Å². The van der Waals surface area contributed by atoms with Crippen LogP contribution in [0, 0.1) is 10.7 Å². The molecule has 2 aromatic carbocycles. The smallest absolute Gasteiger partial charge is 0.314 e. The highest BCUT2D eigenvalue weighted by Gasteiger charge is 2.16. The van der Waals surface area contributed by atoms with Gasteiger partial charge in [-0.3, -0.25) is 9.59 Å². The van der Waals surface area contributed by atoms with Crippen LogP contribution < -0.4 is 20.1 Å². The molecule has 0 radical (unpaired) electrons. The normalized spacial score (nSPS) is 9.64. The van der Waals surface area contributed by atoms with Crippen LogP contribution in [0.15, 0.2) is 47.4 Å². The summed E-state index contributed by atoms with van der Waals surface area (Å²) < 4.78 is 10.2. The van der Waals surface area contributed by atoms with E-state index >= 15 is 0 Å². The zero-order valence-corrected chi connectivity index (χ0v) is 14.3. The second kappa shape index (κ2) is 8.61. The van der Waals surface area contributed by atoms with Crippen LogP contribution in [0.2, 0.25) is 0 Å². The van der Waals surface area contributed by atoms with E-state index in [0.29, 0.717) is 22.9 Å². The monoisotopic (exact) mass is 357 g/mol. The Morgan fingerprint density at radius 3 is 2.28 bits per heavy atom. The van der Waals surface area contributed by atoms with Gasteiger partial charge in [-0.05, 0) is 48.2 Å². The van der Waals surface area contributed by atoms with Crippen LogP contribution in [0.4, 0.5) is 11.4 Å². The molecule has 0 aromatic heterocycles. The van der Waals surface area contributed by atoms with Gasteiger partial charge in [0.05, 0.1) is 19.9 Å². The number of nitrogens with one attached hydrogen (secondary N) is 2. The van der Waals surface area contributed by atoms with Gasteiger partial charge in [-0.1, -0.05) is 0 Å². The molecular formula is C17H15N3O4S. The van der Waals surface area contributed by atoms with Gasteiger partial charge in [0.1, 0.15) is 16.9 Å². The molecular weight excluding hydrogens is 342 g/mol. The van der Waals surface area contributed by atoms with Gasteiger partial charge < -0.3 is 20.1 Å². The lowest BCUT2D eigenvalue weighted by atomic mass is 10.2. The summed E-state index contributed by atoms with van der Waals surface area (Å²) in [6, 6.07) is 11.4. The van der Waals surface area contributed by atoms with Gasteiger partial charge in [-0.25, -0.2) is 0 Å². The first-order chi connectivity index (χ1) is 12.1. The maximum atomic E-state index is 12.1. The number of carbonyl (C=O) groups is 2. The molecule has 0 saturated heterocycles. The fourth-order valence-corrected chi connectivity index (χ4v) is 2.31. The third-order valence-electron chi connectivity index (χ3n) is 3.14. The van der Waals surface area contributed by atoms with Crippen molar-refractivity contribution in [1.82, 2.24) is 0 Å². The third kappa shape index (κ3) is 4.89. The van der Waals surface area contributed by atoms with E-state index in [1.165, 1.54) is 14.2 Å². The molecule has 2 amide bonds. The minimum Gasteiger partial charge on any atom is -0.497 e. The first-order valence-electron chi connectivity index (χ1n) is 7.07. The highest BCUT2D eigenvalue weighted by molar-refractivity contribution is 8.03. The second-order valence-electron chi connectivity index (χ2n) is 4.69. The minimum absolute atomic E-state index is 0.351. The van der Waals surface area contributed by atoms with E-state index in [1.807, 2.05) is 5.40 Å². The summed E-state index contributed by atoms with van der Waals surface area (Å²) in [5.41, 5.74) is 0.799. The number of rotatable bonds is 5. The molecule has 0 unspecified atom stereocenters. The molecule has 128 valence electrons. The standard InChI is InChI=1S/C17H15N3O4S/c1-23-12-5-8-14(15(9-12)24-2)20-17(22)16(21)19-11-3-6-13(7-4-11)25-10-18/h3-9H,1-2H3,(H,19,21)(H,20,22). The molecule has 25 heavy (non-hydrogen) atoms. The van der Waals surface area contributed by atoms with E-state index in [1.54, 1.807) is 42.5 Å². The van der Waals surface area contributed by atoms with Crippen molar-refractivity contribution in [2.75, 3.05) is 24.9 Å². The average Bonchev–Trinajstić information content (AvgIpc) is 2.63. The van der Waals surface area contributed by atoms with Gasteiger partial charge in [0.15, 0.2) is 0 Å². The quantitative estimate of drug-likeness (QED) is 0.485. The molecule has 2 N–H and O–H groups in total. The lowest BCUT2D eigenvalue weighted by Gasteiger charge is -2.11. The van der Waals surface area contributed by atoms with Gasteiger partial charge in [0.2, 0.25) is 0 Å². The van der Waals surface area contributed by atoms with Crippen molar-refractivity contribution in [2.45, 2.75) is 4.90 Å². The Morgan fingerprint density at radius 1 is 1.00 bits per heavy atom. The fourth-order valence-electron chi connectivity index (χ4n) is 1.93. The average molecular weight is 357 g/mol. The third-order valence-corrected chi connectivity index (χ3v) is 3.74. The van der Waals surface area contributed by atoms with E-state index in [9.17, 15) is 9.59 Å². The summed E-state index contributed by atoms with van der Waals surface area (Å²) in [5.74, 6) is -0.717. The maximum Gasteiger partial charge on any atom is 0.314 e. The van der Waals surface area contributed by atoms with Gasteiger partial charge in [-0.15, -0.1) is 0 Å². The number of benzene rings is 2. The highest BCUT2D eigenvalue weighted by atomic mass is 32.2. The number of thiocyanates is 1. The number of nitriles is 1. The van der Waals surface area contributed by atoms with Crippen LogP contribution in [0.3, 0.4) is 0 Å². The van der Waals surface area contributed by atoms with Gasteiger partial charge in [0.25, 0.3) is 0 Å². The van der Waals surface area contributed by atoms with Crippen LogP contribution >= 0.6 is 11.8 Å². The van der Waals surface area contributed by atoms with E-state index in [4.69, 9.17) is 14.7 Å². The van der Waals surface area contributed by atoms with E-state index in [-0.39, 0.29) is 0 Å². The summed E-state index contributed by atoms with van der Waals surface area (Å²) in [6.07, 6.45) is 0. The molecule has 0 atom stereocenters. The number of anilines is 2. The molecule has 7 nitrogen and oxygen atoms in total. The number of methoxy groups -OCH3 is 2. The van der Waals surface area contributed by atoms with Crippen LogP contribution in [-0.2, 0) is 9.59 Å². The molecule has 0 aliphatic rings. The molecule has 0 aliphatic carbocycles. The molecule has 0 spiro atoms. The number of thioether (sulfide) groups is 1. The Labute approximate surface area is 148 Å². The zero-order chi connectivity index (χ0) is 18.2. The predicted octanol–water partition coefficient (Wildman–Crippen LogP) is 2.85. The number of amides is 2. The van der Waals surface area contributed by atoms with Crippen LogP contribution in [0.25, 0.3) is 0 Å². The van der Waals surface area contributed by atoms with Crippen LogP contribution in [0.1, 0.15) is 0 Å². The summed E-state index contributed by atoms with van der Waals surface area (Å²) in [6.45, 7) is 0. The van der Waals surface area contributed by atoms with E-state index in [2.05, 4.69) is 10.6 Å². The first-order valence-corrected chi connectivity index (χ1v) is 7.89. The number of hydrogen-bond donors (Lipinski definition) is 2. The van der Waals surface area contributed by atoms with Crippen molar-refractivity contribution in [2.24, 2.45) is 0 Å². The van der Waals surface area contributed by atoms with E-state index in [0.717, 1.165) is 16.7 Å². The molecule has 2 rings (SSSR count). The molecule has 8 heteroatoms. The van der Waals surface area contributed by atoms with Crippen molar-refractivity contribution in [3.8, 4) is 16.9 Å². The lowest BCUT2D eigenvalue weighted by Crippen LogP contribution is -2.29.